The molecule has 2 atom stereocenters. The van der Waals surface area contributed by atoms with Crippen LogP contribution in [0.4, 0.5) is 0 Å². The summed E-state index contributed by atoms with van der Waals surface area (Å²) in [5.74, 6) is -0.485. The van der Waals surface area contributed by atoms with Crippen molar-refractivity contribution >= 4 is 5.91 Å². The minimum absolute atomic E-state index is 0.00389. The zero-order valence-corrected chi connectivity index (χ0v) is 9.85. The second-order valence-electron chi connectivity index (χ2n) is 4.82. The van der Waals surface area contributed by atoms with Crippen molar-refractivity contribution in [1.82, 2.24) is 9.80 Å². The van der Waals surface area contributed by atoms with Crippen LogP contribution in [0.15, 0.2) is 0 Å². The summed E-state index contributed by atoms with van der Waals surface area (Å²) in [5.41, 5.74) is 0. The highest BCUT2D eigenvalue weighted by molar-refractivity contribution is 5.81. The molecule has 0 radical (unpaired) electrons. The van der Waals surface area contributed by atoms with E-state index in [2.05, 4.69) is 4.90 Å². The molecule has 1 amide bonds. The van der Waals surface area contributed by atoms with Crippen LogP contribution in [0.3, 0.4) is 0 Å². The zero-order valence-electron chi connectivity index (χ0n) is 9.85. The molecule has 0 aliphatic carbocycles. The lowest BCUT2D eigenvalue weighted by Crippen LogP contribution is -2.38. The van der Waals surface area contributed by atoms with E-state index in [0.717, 1.165) is 19.5 Å². The summed E-state index contributed by atoms with van der Waals surface area (Å²) in [6, 6.07) is 2.56. The molecule has 2 aliphatic heterocycles. The van der Waals surface area contributed by atoms with E-state index in [0.29, 0.717) is 6.04 Å². The maximum Gasteiger partial charge on any atom is 0.239 e. The summed E-state index contributed by atoms with van der Waals surface area (Å²) < 4.78 is 0. The maximum absolute atomic E-state index is 11.8. The van der Waals surface area contributed by atoms with Crippen LogP contribution in [0, 0.1) is 17.2 Å². The second-order valence-corrected chi connectivity index (χ2v) is 4.82. The average molecular weight is 221 g/mol. The van der Waals surface area contributed by atoms with Gasteiger partial charge in [-0.3, -0.25) is 9.69 Å². The first-order valence-corrected chi connectivity index (χ1v) is 6.15. The number of rotatable bonds is 2. The first-order valence-electron chi connectivity index (χ1n) is 6.15. The largest absolute Gasteiger partial charge is 0.340 e. The predicted molar refractivity (Wildman–Crippen MR) is 60.6 cm³/mol. The number of carbonyl (C=O) groups is 1. The fraction of sp³-hybridized carbons (Fsp3) is 0.833. The highest BCUT2D eigenvalue weighted by Gasteiger charge is 2.32. The lowest BCUT2D eigenvalue weighted by Gasteiger charge is -2.24. The molecule has 0 aromatic carbocycles. The number of carbonyl (C=O) groups excluding carboxylic acids is 1. The Kier molecular flexibility index (Phi) is 3.45. The third-order valence-electron chi connectivity index (χ3n) is 3.70. The zero-order chi connectivity index (χ0) is 11.5. The van der Waals surface area contributed by atoms with E-state index in [1.54, 1.807) is 6.92 Å². The van der Waals surface area contributed by atoms with Crippen LogP contribution in [0.25, 0.3) is 0 Å². The topological polar surface area (TPSA) is 47.3 Å². The molecular weight excluding hydrogens is 202 g/mol. The highest BCUT2D eigenvalue weighted by Crippen LogP contribution is 2.21. The third-order valence-corrected chi connectivity index (χ3v) is 3.70. The number of hydrogen-bond donors (Lipinski definition) is 0. The van der Waals surface area contributed by atoms with Crippen molar-refractivity contribution < 1.29 is 4.79 Å². The van der Waals surface area contributed by atoms with Gasteiger partial charge in [0, 0.05) is 19.1 Å². The number of nitriles is 1. The van der Waals surface area contributed by atoms with Gasteiger partial charge < -0.3 is 4.90 Å². The van der Waals surface area contributed by atoms with E-state index in [-0.39, 0.29) is 5.91 Å². The van der Waals surface area contributed by atoms with Crippen molar-refractivity contribution in [1.29, 1.82) is 5.26 Å². The molecule has 16 heavy (non-hydrogen) atoms. The van der Waals surface area contributed by atoms with E-state index in [9.17, 15) is 4.79 Å². The molecule has 2 aliphatic rings. The van der Waals surface area contributed by atoms with E-state index < -0.39 is 5.92 Å². The molecule has 0 saturated carbocycles. The fourth-order valence-corrected chi connectivity index (χ4v) is 2.68. The van der Waals surface area contributed by atoms with Gasteiger partial charge in [-0.25, -0.2) is 0 Å². The Balaban J connectivity index is 1.88. The molecule has 4 nitrogen and oxygen atoms in total. The van der Waals surface area contributed by atoms with Crippen molar-refractivity contribution in [2.45, 2.75) is 32.2 Å². The van der Waals surface area contributed by atoms with Gasteiger partial charge in [-0.1, -0.05) is 0 Å². The quantitative estimate of drug-likeness (QED) is 0.694. The van der Waals surface area contributed by atoms with Crippen molar-refractivity contribution in [3.05, 3.63) is 0 Å². The van der Waals surface area contributed by atoms with Gasteiger partial charge >= 0.3 is 0 Å². The van der Waals surface area contributed by atoms with Crippen LogP contribution in [0.1, 0.15) is 26.2 Å². The molecule has 2 fully saturated rings. The molecule has 0 spiro atoms. The van der Waals surface area contributed by atoms with Gasteiger partial charge in [0.2, 0.25) is 5.91 Å². The molecule has 2 heterocycles. The van der Waals surface area contributed by atoms with Crippen molar-refractivity contribution in [2.75, 3.05) is 26.2 Å². The fourth-order valence-electron chi connectivity index (χ4n) is 2.68. The third kappa shape index (κ3) is 2.19. The molecule has 0 bridgehead atoms. The molecule has 0 N–H and O–H groups in total. The molecule has 2 rings (SSSR count). The first-order chi connectivity index (χ1) is 7.72. The van der Waals surface area contributed by atoms with Crippen molar-refractivity contribution in [3.63, 3.8) is 0 Å². The Hall–Kier alpha value is -1.08. The van der Waals surface area contributed by atoms with Crippen LogP contribution in [0.5, 0.6) is 0 Å². The lowest BCUT2D eigenvalue weighted by atomic mass is 10.2. The molecule has 2 saturated heterocycles. The number of amides is 1. The van der Waals surface area contributed by atoms with Gasteiger partial charge in [0.15, 0.2) is 0 Å². The monoisotopic (exact) mass is 221 g/mol. The normalized spacial score (nSPS) is 28.0. The average Bonchev–Trinajstić information content (AvgIpc) is 2.96. The van der Waals surface area contributed by atoms with E-state index in [1.165, 1.54) is 25.9 Å². The standard InChI is InChI=1S/C12H19N3O/c1-10(8-13)12(16)15-7-4-11(9-15)14-5-2-3-6-14/h10-11H,2-7,9H2,1H3. The summed E-state index contributed by atoms with van der Waals surface area (Å²) in [4.78, 5) is 16.2. The van der Waals surface area contributed by atoms with Crippen molar-refractivity contribution in [2.24, 2.45) is 5.92 Å². The minimum atomic E-state index is -0.489. The maximum atomic E-state index is 11.8. The van der Waals surface area contributed by atoms with Crippen molar-refractivity contribution in [3.8, 4) is 6.07 Å². The van der Waals surface area contributed by atoms with Crippen LogP contribution < -0.4 is 0 Å². The minimum Gasteiger partial charge on any atom is -0.340 e. The molecule has 0 aromatic heterocycles. The van der Waals surface area contributed by atoms with Crippen LogP contribution in [-0.2, 0) is 4.79 Å². The smallest absolute Gasteiger partial charge is 0.239 e. The summed E-state index contributed by atoms with van der Waals surface area (Å²) in [7, 11) is 0. The van der Waals surface area contributed by atoms with E-state index in [1.807, 2.05) is 11.0 Å². The van der Waals surface area contributed by atoms with Crippen LogP contribution >= 0.6 is 0 Å². The van der Waals surface area contributed by atoms with Gasteiger partial charge in [0.1, 0.15) is 5.92 Å². The number of nitrogens with zero attached hydrogens (tertiary/aromatic N) is 3. The highest BCUT2D eigenvalue weighted by atomic mass is 16.2. The Labute approximate surface area is 96.8 Å². The summed E-state index contributed by atoms with van der Waals surface area (Å²) in [5, 5.41) is 8.74. The molecular formula is C12H19N3O. The van der Waals surface area contributed by atoms with Gasteiger partial charge in [-0.2, -0.15) is 5.26 Å². The number of likely N-dealkylation sites (tertiary alicyclic amines) is 2. The Morgan fingerprint density at radius 3 is 2.69 bits per heavy atom. The Morgan fingerprint density at radius 2 is 2.06 bits per heavy atom. The number of hydrogen-bond acceptors (Lipinski definition) is 3. The lowest BCUT2D eigenvalue weighted by molar-refractivity contribution is -0.132. The summed E-state index contributed by atoms with van der Waals surface area (Å²) in [6.07, 6.45) is 3.65. The van der Waals surface area contributed by atoms with Crippen LogP contribution in [0.2, 0.25) is 0 Å². The summed E-state index contributed by atoms with van der Waals surface area (Å²) in [6.45, 7) is 5.70. The van der Waals surface area contributed by atoms with E-state index in [4.69, 9.17) is 5.26 Å². The summed E-state index contributed by atoms with van der Waals surface area (Å²) >= 11 is 0. The Morgan fingerprint density at radius 1 is 1.38 bits per heavy atom. The molecule has 2 unspecified atom stereocenters. The van der Waals surface area contributed by atoms with Gasteiger partial charge in [0.05, 0.1) is 6.07 Å². The molecule has 4 heteroatoms. The second kappa shape index (κ2) is 4.84. The van der Waals surface area contributed by atoms with Gasteiger partial charge in [-0.15, -0.1) is 0 Å². The predicted octanol–water partition coefficient (Wildman–Crippen LogP) is 0.843. The van der Waals surface area contributed by atoms with Gasteiger partial charge in [0.25, 0.3) is 0 Å². The molecule has 88 valence electrons. The first kappa shape index (κ1) is 11.4. The van der Waals surface area contributed by atoms with E-state index >= 15 is 0 Å². The SMILES string of the molecule is CC(C#N)C(=O)N1CCC(N2CCCC2)C1. The molecule has 0 aromatic rings. The Bertz CT molecular complexity index is 304. The van der Waals surface area contributed by atoms with Gasteiger partial charge in [-0.05, 0) is 39.3 Å². The van der Waals surface area contributed by atoms with Crippen LogP contribution in [-0.4, -0.2) is 47.9 Å².